The molecule has 0 spiro atoms. The first-order chi connectivity index (χ1) is 12.5. The SMILES string of the molecule is CCCCCCNC(=O)Nc1cc(-c2ccc(OC)cc2)sc1C(=O)O. The molecule has 7 heteroatoms. The summed E-state index contributed by atoms with van der Waals surface area (Å²) in [7, 11) is 1.59. The van der Waals surface area contributed by atoms with E-state index >= 15 is 0 Å². The molecule has 3 N–H and O–H groups in total. The Kier molecular flexibility index (Phi) is 7.47. The van der Waals surface area contributed by atoms with Gasteiger partial charge in [-0.3, -0.25) is 0 Å². The number of carbonyl (C=O) groups excluding carboxylic acids is 1. The summed E-state index contributed by atoms with van der Waals surface area (Å²) in [4.78, 5) is 24.4. The maximum absolute atomic E-state index is 12.0. The van der Waals surface area contributed by atoms with Crippen LogP contribution in [-0.2, 0) is 0 Å². The molecule has 6 nitrogen and oxygen atoms in total. The maximum Gasteiger partial charge on any atom is 0.348 e. The lowest BCUT2D eigenvalue weighted by atomic mass is 10.2. The number of nitrogens with one attached hydrogen (secondary N) is 2. The van der Waals surface area contributed by atoms with Gasteiger partial charge in [-0.1, -0.05) is 26.2 Å². The molecule has 2 rings (SSSR count). The number of amides is 2. The van der Waals surface area contributed by atoms with E-state index in [9.17, 15) is 14.7 Å². The normalized spacial score (nSPS) is 10.4. The van der Waals surface area contributed by atoms with Gasteiger partial charge in [0, 0.05) is 11.4 Å². The van der Waals surface area contributed by atoms with Crippen LogP contribution in [0.5, 0.6) is 5.75 Å². The molecule has 0 atom stereocenters. The van der Waals surface area contributed by atoms with Gasteiger partial charge < -0.3 is 20.5 Å². The molecule has 140 valence electrons. The van der Waals surface area contributed by atoms with Crippen molar-refractivity contribution in [3.8, 4) is 16.2 Å². The second-order valence-corrected chi connectivity index (χ2v) is 6.88. The number of urea groups is 1. The van der Waals surface area contributed by atoms with Gasteiger partial charge in [0.1, 0.15) is 10.6 Å². The van der Waals surface area contributed by atoms with Gasteiger partial charge in [0.2, 0.25) is 0 Å². The largest absolute Gasteiger partial charge is 0.497 e. The third-order valence-corrected chi connectivity index (χ3v) is 5.04. The van der Waals surface area contributed by atoms with E-state index in [0.717, 1.165) is 53.2 Å². The number of ether oxygens (including phenoxy) is 1. The minimum Gasteiger partial charge on any atom is -0.497 e. The minimum atomic E-state index is -1.06. The highest BCUT2D eigenvalue weighted by molar-refractivity contribution is 7.18. The molecular weight excluding hydrogens is 352 g/mol. The van der Waals surface area contributed by atoms with Gasteiger partial charge in [0.05, 0.1) is 12.8 Å². The second kappa shape index (κ2) is 9.82. The molecule has 0 radical (unpaired) electrons. The lowest BCUT2D eigenvalue weighted by Crippen LogP contribution is -2.29. The highest BCUT2D eigenvalue weighted by atomic mass is 32.1. The van der Waals surface area contributed by atoms with Crippen LogP contribution < -0.4 is 15.4 Å². The molecule has 1 heterocycles. The first-order valence-electron chi connectivity index (χ1n) is 8.61. The molecule has 1 aromatic heterocycles. The van der Waals surface area contributed by atoms with E-state index in [2.05, 4.69) is 17.6 Å². The van der Waals surface area contributed by atoms with E-state index in [1.165, 1.54) is 0 Å². The lowest BCUT2D eigenvalue weighted by molar-refractivity contribution is 0.0703. The molecule has 0 bridgehead atoms. The van der Waals surface area contributed by atoms with Crippen LogP contribution in [-0.4, -0.2) is 30.8 Å². The highest BCUT2D eigenvalue weighted by Crippen LogP contribution is 2.35. The van der Waals surface area contributed by atoms with Crippen molar-refractivity contribution < 1.29 is 19.4 Å². The van der Waals surface area contributed by atoms with Crippen LogP contribution in [0.25, 0.3) is 10.4 Å². The van der Waals surface area contributed by atoms with Crippen molar-refractivity contribution in [2.75, 3.05) is 19.0 Å². The number of unbranched alkanes of at least 4 members (excludes halogenated alkanes) is 3. The lowest BCUT2D eigenvalue weighted by Gasteiger charge is -2.06. The number of carboxylic acid groups (broad SMARTS) is 1. The van der Waals surface area contributed by atoms with Crippen molar-refractivity contribution in [3.63, 3.8) is 0 Å². The average molecular weight is 376 g/mol. The van der Waals surface area contributed by atoms with E-state index in [4.69, 9.17) is 4.74 Å². The van der Waals surface area contributed by atoms with Crippen molar-refractivity contribution in [2.45, 2.75) is 32.6 Å². The van der Waals surface area contributed by atoms with Gasteiger partial charge >= 0.3 is 12.0 Å². The molecule has 2 aromatic rings. The topological polar surface area (TPSA) is 87.7 Å². The quantitative estimate of drug-likeness (QED) is 0.547. The molecular formula is C19H24N2O4S. The number of rotatable bonds is 9. The molecule has 0 aliphatic rings. The summed E-state index contributed by atoms with van der Waals surface area (Å²) in [6.07, 6.45) is 4.25. The summed E-state index contributed by atoms with van der Waals surface area (Å²) in [5.41, 5.74) is 1.17. The Morgan fingerprint density at radius 3 is 2.50 bits per heavy atom. The van der Waals surface area contributed by atoms with Gasteiger partial charge in [0.15, 0.2) is 0 Å². The van der Waals surface area contributed by atoms with Crippen molar-refractivity contribution in [1.29, 1.82) is 0 Å². The average Bonchev–Trinajstić information content (AvgIpc) is 3.05. The summed E-state index contributed by atoms with van der Waals surface area (Å²) in [6.45, 7) is 2.70. The van der Waals surface area contributed by atoms with Crippen molar-refractivity contribution in [1.82, 2.24) is 5.32 Å². The first-order valence-corrected chi connectivity index (χ1v) is 9.43. The zero-order valence-corrected chi connectivity index (χ0v) is 15.8. The van der Waals surface area contributed by atoms with Gasteiger partial charge in [-0.15, -0.1) is 11.3 Å². The van der Waals surface area contributed by atoms with Crippen molar-refractivity contribution >= 4 is 29.0 Å². The molecule has 0 fully saturated rings. The Morgan fingerprint density at radius 1 is 1.15 bits per heavy atom. The third-order valence-electron chi connectivity index (χ3n) is 3.86. The minimum absolute atomic E-state index is 0.108. The number of aromatic carboxylic acids is 1. The number of benzene rings is 1. The van der Waals surface area contributed by atoms with Gasteiger partial charge in [-0.05, 0) is 42.3 Å². The monoisotopic (exact) mass is 376 g/mol. The molecule has 1 aromatic carbocycles. The summed E-state index contributed by atoms with van der Waals surface area (Å²) < 4.78 is 5.13. The van der Waals surface area contributed by atoms with Gasteiger partial charge in [0.25, 0.3) is 0 Å². The predicted octanol–water partition coefficient (Wildman–Crippen LogP) is 4.82. The van der Waals surface area contributed by atoms with E-state index in [0.29, 0.717) is 12.2 Å². The molecule has 2 amide bonds. The van der Waals surface area contributed by atoms with Gasteiger partial charge in [-0.25, -0.2) is 9.59 Å². The second-order valence-electron chi connectivity index (χ2n) is 5.83. The van der Waals surface area contributed by atoms with E-state index < -0.39 is 5.97 Å². The predicted molar refractivity (Wildman–Crippen MR) is 104 cm³/mol. The van der Waals surface area contributed by atoms with Crippen LogP contribution in [0, 0.1) is 0 Å². The standard InChI is InChI=1S/C19H24N2O4S/c1-3-4-5-6-11-20-19(24)21-15-12-16(26-17(15)18(22)23)13-7-9-14(25-2)10-8-13/h7-10,12H,3-6,11H2,1-2H3,(H,22,23)(H2,20,21,24). The Labute approximate surface area is 157 Å². The fraction of sp³-hybridized carbons (Fsp3) is 0.368. The number of methoxy groups -OCH3 is 1. The molecule has 0 unspecified atom stereocenters. The number of hydrogen-bond acceptors (Lipinski definition) is 4. The van der Waals surface area contributed by atoms with Crippen LogP contribution >= 0.6 is 11.3 Å². The molecule has 0 aliphatic heterocycles. The number of thiophene rings is 1. The van der Waals surface area contributed by atoms with Crippen LogP contribution in [0.4, 0.5) is 10.5 Å². The van der Waals surface area contributed by atoms with Crippen molar-refractivity contribution in [3.05, 3.63) is 35.2 Å². The molecule has 26 heavy (non-hydrogen) atoms. The Hall–Kier alpha value is -2.54. The number of hydrogen-bond donors (Lipinski definition) is 3. The molecule has 0 saturated carbocycles. The fourth-order valence-electron chi connectivity index (χ4n) is 2.46. The summed E-state index contributed by atoms with van der Waals surface area (Å²) >= 11 is 1.13. The van der Waals surface area contributed by atoms with E-state index in [1.807, 2.05) is 24.3 Å². The fourth-order valence-corrected chi connectivity index (χ4v) is 3.42. The van der Waals surface area contributed by atoms with Crippen LogP contribution in [0.1, 0.15) is 42.3 Å². The van der Waals surface area contributed by atoms with Crippen LogP contribution in [0.15, 0.2) is 30.3 Å². The van der Waals surface area contributed by atoms with Gasteiger partial charge in [-0.2, -0.15) is 0 Å². The Morgan fingerprint density at radius 2 is 1.88 bits per heavy atom. The Balaban J connectivity index is 2.06. The van der Waals surface area contributed by atoms with Crippen LogP contribution in [0.3, 0.4) is 0 Å². The first kappa shape index (κ1) is 19.8. The third kappa shape index (κ3) is 5.49. The Bertz CT molecular complexity index is 740. The van der Waals surface area contributed by atoms with Crippen LogP contribution in [0.2, 0.25) is 0 Å². The summed E-state index contributed by atoms with van der Waals surface area (Å²) in [5.74, 6) is -0.336. The summed E-state index contributed by atoms with van der Waals surface area (Å²) in [6, 6.07) is 8.63. The maximum atomic E-state index is 12.0. The molecule has 0 aliphatic carbocycles. The van der Waals surface area contributed by atoms with E-state index in [-0.39, 0.29) is 10.9 Å². The zero-order valence-electron chi connectivity index (χ0n) is 15.0. The number of anilines is 1. The smallest absolute Gasteiger partial charge is 0.348 e. The number of carboxylic acids is 1. The zero-order chi connectivity index (χ0) is 18.9. The summed E-state index contributed by atoms with van der Waals surface area (Å²) in [5, 5.41) is 14.8. The molecule has 0 saturated heterocycles. The van der Waals surface area contributed by atoms with Crippen molar-refractivity contribution in [2.24, 2.45) is 0 Å². The number of carbonyl (C=O) groups is 2. The highest BCUT2D eigenvalue weighted by Gasteiger charge is 2.18. The van der Waals surface area contributed by atoms with E-state index in [1.54, 1.807) is 13.2 Å².